The molecular weight excluding hydrogens is 288 g/mol. The van der Waals surface area contributed by atoms with Crippen molar-refractivity contribution >= 4 is 22.8 Å². The van der Waals surface area contributed by atoms with Gasteiger partial charge < -0.3 is 4.74 Å². The van der Waals surface area contributed by atoms with Gasteiger partial charge in [-0.2, -0.15) is 0 Å². The smallest absolute Gasteiger partial charge is 0.212 e. The fourth-order valence-corrected chi connectivity index (χ4v) is 2.34. The maximum absolute atomic E-state index is 12.3. The van der Waals surface area contributed by atoms with E-state index in [9.17, 15) is 4.79 Å². The van der Waals surface area contributed by atoms with Crippen LogP contribution >= 0.6 is 0 Å². The summed E-state index contributed by atoms with van der Waals surface area (Å²) in [5, 5.41) is 1.06. The number of pyridine rings is 2. The summed E-state index contributed by atoms with van der Waals surface area (Å²) in [6.07, 6.45) is 4.89. The number of hydrogen-bond acceptors (Lipinski definition) is 4. The Morgan fingerprint density at radius 3 is 2.74 bits per heavy atom. The van der Waals surface area contributed by atoms with Crippen molar-refractivity contribution in [2.24, 2.45) is 0 Å². The van der Waals surface area contributed by atoms with Crippen LogP contribution in [0.3, 0.4) is 0 Å². The normalized spacial score (nSPS) is 11.0. The summed E-state index contributed by atoms with van der Waals surface area (Å²) in [6.45, 7) is 1.98. The van der Waals surface area contributed by atoms with Gasteiger partial charge in [0.15, 0.2) is 0 Å². The van der Waals surface area contributed by atoms with E-state index in [1.54, 1.807) is 25.4 Å². The molecule has 0 radical (unpaired) electrons. The number of benzene rings is 1. The van der Waals surface area contributed by atoms with Gasteiger partial charge in [0, 0.05) is 17.6 Å². The molecule has 1 aromatic carbocycles. The molecular formula is C19H16N2O2. The highest BCUT2D eigenvalue weighted by atomic mass is 16.5. The minimum atomic E-state index is -0.130. The molecule has 3 aromatic rings. The number of nitrogens with zero attached hydrogens (tertiary/aromatic N) is 2. The molecule has 0 saturated carbocycles. The Labute approximate surface area is 134 Å². The predicted octanol–water partition coefficient (Wildman–Crippen LogP) is 3.84. The number of fused-ring (bicyclic) bond motifs is 1. The topological polar surface area (TPSA) is 52.1 Å². The molecule has 3 rings (SSSR count). The van der Waals surface area contributed by atoms with Crippen molar-refractivity contribution in [1.82, 2.24) is 9.97 Å². The highest BCUT2D eigenvalue weighted by Gasteiger charge is 2.07. The molecule has 0 amide bonds. The highest BCUT2D eigenvalue weighted by Crippen LogP contribution is 2.18. The average Bonchev–Trinajstić information content (AvgIpc) is 2.60. The van der Waals surface area contributed by atoms with Crippen molar-refractivity contribution in [3.05, 3.63) is 71.6 Å². The first kappa shape index (κ1) is 14.9. The predicted molar refractivity (Wildman–Crippen MR) is 90.6 cm³/mol. The van der Waals surface area contributed by atoms with Crippen molar-refractivity contribution in [2.75, 3.05) is 7.11 Å². The maximum atomic E-state index is 12.3. The van der Waals surface area contributed by atoms with E-state index in [0.29, 0.717) is 11.6 Å². The standard InChI is InChI=1S/C19H16N2O2/c1-13-11-17(21-16-6-4-3-5-15(13)16)18(22)9-7-14-8-10-19(23-2)20-12-14/h3-12H,1-2H3. The number of aryl methyl sites for hydroxylation is 1. The number of ketones is 1. The second-order valence-corrected chi connectivity index (χ2v) is 5.17. The molecule has 2 aromatic heterocycles. The van der Waals surface area contributed by atoms with Crippen molar-refractivity contribution in [3.8, 4) is 5.88 Å². The van der Waals surface area contributed by atoms with Crippen LogP contribution in [0.5, 0.6) is 5.88 Å². The quantitative estimate of drug-likeness (QED) is 0.543. The molecule has 0 atom stereocenters. The van der Waals surface area contributed by atoms with Gasteiger partial charge >= 0.3 is 0 Å². The lowest BCUT2D eigenvalue weighted by molar-refractivity contribution is 0.104. The molecule has 4 heteroatoms. The van der Waals surface area contributed by atoms with E-state index >= 15 is 0 Å². The number of ether oxygens (including phenoxy) is 1. The Morgan fingerprint density at radius 2 is 2.00 bits per heavy atom. The number of rotatable bonds is 4. The van der Waals surface area contributed by atoms with Gasteiger partial charge in [-0.25, -0.2) is 9.97 Å². The third kappa shape index (κ3) is 3.26. The zero-order chi connectivity index (χ0) is 16.2. The fraction of sp³-hybridized carbons (Fsp3) is 0.105. The van der Waals surface area contributed by atoms with Gasteiger partial charge in [0.05, 0.1) is 12.6 Å². The van der Waals surface area contributed by atoms with Crippen LogP contribution in [0.2, 0.25) is 0 Å². The lowest BCUT2D eigenvalue weighted by Crippen LogP contribution is -2.00. The number of carbonyl (C=O) groups excluding carboxylic acids is 1. The number of methoxy groups -OCH3 is 1. The van der Waals surface area contributed by atoms with Crippen LogP contribution in [0.15, 0.2) is 54.7 Å². The molecule has 114 valence electrons. The second kappa shape index (κ2) is 6.40. The molecule has 0 unspecified atom stereocenters. The zero-order valence-electron chi connectivity index (χ0n) is 13.0. The molecule has 4 nitrogen and oxygen atoms in total. The Balaban J connectivity index is 1.86. The van der Waals surface area contributed by atoms with Gasteiger partial charge in [0.1, 0.15) is 5.69 Å². The molecule has 0 bridgehead atoms. The third-order valence-corrected chi connectivity index (χ3v) is 3.57. The Hall–Kier alpha value is -3.01. The largest absolute Gasteiger partial charge is 0.481 e. The lowest BCUT2D eigenvalue weighted by atomic mass is 10.1. The number of allylic oxidation sites excluding steroid dienone is 1. The summed E-state index contributed by atoms with van der Waals surface area (Å²) < 4.78 is 5.01. The summed E-state index contributed by atoms with van der Waals surface area (Å²) in [5.41, 5.74) is 3.14. The zero-order valence-corrected chi connectivity index (χ0v) is 13.0. The van der Waals surface area contributed by atoms with Crippen LogP contribution in [0.4, 0.5) is 0 Å². The Bertz CT molecular complexity index is 884. The number of aromatic nitrogens is 2. The molecule has 0 fully saturated rings. The monoisotopic (exact) mass is 304 g/mol. The van der Waals surface area contributed by atoms with Crippen LogP contribution in [0.25, 0.3) is 17.0 Å². The van der Waals surface area contributed by atoms with Crippen molar-refractivity contribution in [2.45, 2.75) is 6.92 Å². The molecule has 0 aliphatic carbocycles. The van der Waals surface area contributed by atoms with E-state index < -0.39 is 0 Å². The summed E-state index contributed by atoms with van der Waals surface area (Å²) in [6, 6.07) is 13.2. The lowest BCUT2D eigenvalue weighted by Gasteiger charge is -2.04. The molecule has 2 heterocycles. The van der Waals surface area contributed by atoms with Crippen LogP contribution < -0.4 is 4.74 Å². The highest BCUT2D eigenvalue weighted by molar-refractivity contribution is 6.06. The molecule has 0 saturated heterocycles. The average molecular weight is 304 g/mol. The number of carbonyl (C=O) groups is 1. The van der Waals surface area contributed by atoms with Gasteiger partial charge in [-0.15, -0.1) is 0 Å². The van der Waals surface area contributed by atoms with Crippen molar-refractivity contribution in [3.63, 3.8) is 0 Å². The molecule has 0 aliphatic rings. The maximum Gasteiger partial charge on any atom is 0.212 e. The van der Waals surface area contributed by atoms with Crippen LogP contribution in [-0.2, 0) is 0 Å². The first-order valence-electron chi connectivity index (χ1n) is 7.26. The van der Waals surface area contributed by atoms with Gasteiger partial charge in [-0.3, -0.25) is 4.79 Å². The van der Waals surface area contributed by atoms with E-state index in [2.05, 4.69) is 9.97 Å². The SMILES string of the molecule is COc1ccc(C=CC(=O)c2cc(C)c3ccccc3n2)cn1. The fourth-order valence-electron chi connectivity index (χ4n) is 2.34. The molecule has 0 spiro atoms. The third-order valence-electron chi connectivity index (χ3n) is 3.57. The van der Waals surface area contributed by atoms with Crippen LogP contribution in [-0.4, -0.2) is 22.9 Å². The second-order valence-electron chi connectivity index (χ2n) is 5.17. The number of hydrogen-bond donors (Lipinski definition) is 0. The van der Waals surface area contributed by atoms with Crippen LogP contribution in [0, 0.1) is 6.92 Å². The van der Waals surface area contributed by atoms with E-state index in [0.717, 1.165) is 22.0 Å². The van der Waals surface area contributed by atoms with Gasteiger partial charge in [0.2, 0.25) is 11.7 Å². The van der Waals surface area contributed by atoms with Crippen molar-refractivity contribution < 1.29 is 9.53 Å². The summed E-state index contributed by atoms with van der Waals surface area (Å²) in [4.78, 5) is 20.9. The Morgan fingerprint density at radius 1 is 1.17 bits per heavy atom. The van der Waals surface area contributed by atoms with Gasteiger partial charge in [-0.1, -0.05) is 18.2 Å². The van der Waals surface area contributed by atoms with Crippen LogP contribution in [0.1, 0.15) is 21.6 Å². The van der Waals surface area contributed by atoms with E-state index in [4.69, 9.17) is 4.74 Å². The summed E-state index contributed by atoms with van der Waals surface area (Å²) >= 11 is 0. The van der Waals surface area contributed by atoms with Crippen molar-refractivity contribution in [1.29, 1.82) is 0 Å². The first-order valence-corrected chi connectivity index (χ1v) is 7.26. The minimum Gasteiger partial charge on any atom is -0.481 e. The minimum absolute atomic E-state index is 0.130. The Kier molecular flexibility index (Phi) is 4.15. The summed E-state index contributed by atoms with van der Waals surface area (Å²) in [7, 11) is 1.56. The van der Waals surface area contributed by atoms with E-state index in [-0.39, 0.29) is 5.78 Å². The van der Waals surface area contributed by atoms with E-state index in [1.807, 2.05) is 43.3 Å². The molecule has 23 heavy (non-hydrogen) atoms. The molecule has 0 N–H and O–H groups in total. The first-order chi connectivity index (χ1) is 11.2. The van der Waals surface area contributed by atoms with Gasteiger partial charge in [-0.05, 0) is 48.4 Å². The molecule has 0 aliphatic heterocycles. The van der Waals surface area contributed by atoms with E-state index in [1.165, 1.54) is 6.08 Å². The number of para-hydroxylation sites is 1. The summed E-state index contributed by atoms with van der Waals surface area (Å²) in [5.74, 6) is 0.412. The van der Waals surface area contributed by atoms with Gasteiger partial charge in [0.25, 0.3) is 0 Å².